The molecular formula is C19H32O4Si. The maximum atomic E-state index is 11.3. The Bertz CT molecular complexity index is 504. The minimum atomic E-state index is -1.91. The number of ether oxygens (including phenoxy) is 2. The first-order chi connectivity index (χ1) is 11.3. The summed E-state index contributed by atoms with van der Waals surface area (Å²) in [5, 5.41) is 0. The van der Waals surface area contributed by atoms with Crippen LogP contribution < -0.4 is 4.74 Å². The van der Waals surface area contributed by atoms with Crippen LogP contribution in [0.1, 0.15) is 57.5 Å². The molecule has 24 heavy (non-hydrogen) atoms. The second-order valence-electron chi connectivity index (χ2n) is 7.15. The van der Waals surface area contributed by atoms with Crippen LogP contribution in [0.4, 0.5) is 0 Å². The molecular weight excluding hydrogens is 320 g/mol. The van der Waals surface area contributed by atoms with Gasteiger partial charge in [0.05, 0.1) is 12.2 Å². The molecule has 0 saturated heterocycles. The van der Waals surface area contributed by atoms with Gasteiger partial charge in [-0.1, -0.05) is 47.6 Å². The predicted octanol–water partition coefficient (Wildman–Crippen LogP) is 5.17. The summed E-state index contributed by atoms with van der Waals surface area (Å²) in [5.74, 6) is 0.538. The van der Waals surface area contributed by atoms with Crippen molar-refractivity contribution in [3.63, 3.8) is 0 Å². The number of aldehydes is 1. The van der Waals surface area contributed by atoms with Crippen LogP contribution in [-0.2, 0) is 15.8 Å². The van der Waals surface area contributed by atoms with Gasteiger partial charge in [0.2, 0.25) is 8.32 Å². The summed E-state index contributed by atoms with van der Waals surface area (Å²) in [5.41, 5.74) is 3.13. The molecule has 4 nitrogen and oxygen atoms in total. The molecule has 0 atom stereocenters. The lowest BCUT2D eigenvalue weighted by molar-refractivity contribution is 0.0505. The molecule has 136 valence electrons. The summed E-state index contributed by atoms with van der Waals surface area (Å²) in [4.78, 5) is 11.3. The lowest BCUT2D eigenvalue weighted by Crippen LogP contribution is -2.47. The maximum Gasteiger partial charge on any atom is 0.200 e. The molecule has 0 aliphatic rings. The third kappa shape index (κ3) is 4.68. The summed E-state index contributed by atoms with van der Waals surface area (Å²) in [6.07, 6.45) is 0.812. The van der Waals surface area contributed by atoms with Gasteiger partial charge in [-0.05, 0) is 34.3 Å². The molecule has 0 N–H and O–H groups in total. The third-order valence-corrected chi connectivity index (χ3v) is 10.8. The number of benzene rings is 1. The average molecular weight is 353 g/mol. The fraction of sp³-hybridized carbons (Fsp3) is 0.632. The van der Waals surface area contributed by atoms with Crippen LogP contribution in [0.25, 0.3) is 0 Å². The summed E-state index contributed by atoms with van der Waals surface area (Å²) < 4.78 is 16.9. The highest BCUT2D eigenvalue weighted by Gasteiger charge is 2.44. The fourth-order valence-electron chi connectivity index (χ4n) is 3.74. The van der Waals surface area contributed by atoms with E-state index in [2.05, 4.69) is 41.5 Å². The van der Waals surface area contributed by atoms with Gasteiger partial charge in [0.1, 0.15) is 5.75 Å². The van der Waals surface area contributed by atoms with Crippen LogP contribution in [0.15, 0.2) is 18.2 Å². The second kappa shape index (κ2) is 9.35. The smallest absolute Gasteiger partial charge is 0.200 e. The van der Waals surface area contributed by atoms with Crippen molar-refractivity contribution >= 4 is 14.6 Å². The molecule has 1 rings (SSSR count). The van der Waals surface area contributed by atoms with E-state index in [-0.39, 0.29) is 6.79 Å². The topological polar surface area (TPSA) is 44.8 Å². The lowest BCUT2D eigenvalue weighted by Gasteiger charge is -2.42. The van der Waals surface area contributed by atoms with E-state index < -0.39 is 8.32 Å². The van der Waals surface area contributed by atoms with Crippen molar-refractivity contribution in [3.05, 3.63) is 29.3 Å². The van der Waals surface area contributed by atoms with Crippen LogP contribution in [-0.4, -0.2) is 28.5 Å². The van der Waals surface area contributed by atoms with Gasteiger partial charge in [-0.25, -0.2) is 0 Å². The van der Waals surface area contributed by atoms with E-state index in [0.29, 0.717) is 34.5 Å². The van der Waals surface area contributed by atoms with Crippen molar-refractivity contribution < 1.29 is 18.7 Å². The standard InChI is InChI=1S/C19H32O4Si/c1-14(2)24(15(3)4,16(5)6)23-12-17-8-9-19(22-13-21-7)18(10-17)11-20/h8-11,14-16H,12-13H2,1-7H3. The molecule has 0 aliphatic carbocycles. The van der Waals surface area contributed by atoms with Crippen LogP contribution in [0.2, 0.25) is 16.6 Å². The zero-order chi connectivity index (χ0) is 18.3. The summed E-state index contributed by atoms with van der Waals surface area (Å²) >= 11 is 0. The van der Waals surface area contributed by atoms with Crippen molar-refractivity contribution in [1.82, 2.24) is 0 Å². The number of methoxy groups -OCH3 is 1. The lowest BCUT2D eigenvalue weighted by atomic mass is 10.1. The SMILES string of the molecule is COCOc1ccc(CO[Si](C(C)C)(C(C)C)C(C)C)cc1C=O. The van der Waals surface area contributed by atoms with E-state index in [1.165, 1.54) is 0 Å². The molecule has 0 amide bonds. The Kier molecular flexibility index (Phi) is 8.13. The highest BCUT2D eigenvalue weighted by Crippen LogP contribution is 2.42. The van der Waals surface area contributed by atoms with Gasteiger partial charge >= 0.3 is 0 Å². The molecule has 1 aromatic rings. The zero-order valence-electron chi connectivity index (χ0n) is 16.1. The van der Waals surface area contributed by atoms with Crippen LogP contribution in [0.3, 0.4) is 0 Å². The van der Waals surface area contributed by atoms with E-state index >= 15 is 0 Å². The third-order valence-electron chi connectivity index (χ3n) is 4.73. The Morgan fingerprint density at radius 2 is 1.62 bits per heavy atom. The fourth-order valence-corrected chi connectivity index (χ4v) is 9.16. The van der Waals surface area contributed by atoms with E-state index in [9.17, 15) is 4.79 Å². The number of carbonyl (C=O) groups is 1. The van der Waals surface area contributed by atoms with E-state index in [4.69, 9.17) is 13.9 Å². The molecule has 0 fully saturated rings. The number of hydrogen-bond acceptors (Lipinski definition) is 4. The Morgan fingerprint density at radius 1 is 1.04 bits per heavy atom. The van der Waals surface area contributed by atoms with Gasteiger partial charge in [-0.3, -0.25) is 4.79 Å². The minimum absolute atomic E-state index is 0.126. The van der Waals surface area contributed by atoms with Gasteiger partial charge in [0, 0.05) is 7.11 Å². The normalized spacial score (nSPS) is 12.2. The first-order valence-electron chi connectivity index (χ1n) is 8.63. The van der Waals surface area contributed by atoms with Gasteiger partial charge in [0.25, 0.3) is 0 Å². The van der Waals surface area contributed by atoms with Crippen molar-refractivity contribution in [2.75, 3.05) is 13.9 Å². The number of carbonyl (C=O) groups excluding carboxylic acids is 1. The van der Waals surface area contributed by atoms with Crippen molar-refractivity contribution in [3.8, 4) is 5.75 Å². The highest BCUT2D eigenvalue weighted by molar-refractivity contribution is 6.77. The van der Waals surface area contributed by atoms with Crippen molar-refractivity contribution in [2.24, 2.45) is 0 Å². The Labute approximate surface area is 147 Å². The van der Waals surface area contributed by atoms with Gasteiger partial charge in [-0.15, -0.1) is 0 Å². The molecule has 0 aromatic heterocycles. The molecule has 0 unspecified atom stereocenters. The first-order valence-corrected chi connectivity index (χ1v) is 10.8. The van der Waals surface area contributed by atoms with Gasteiger partial charge < -0.3 is 13.9 Å². The van der Waals surface area contributed by atoms with Gasteiger partial charge in [-0.2, -0.15) is 0 Å². The number of rotatable bonds is 10. The Balaban J connectivity index is 2.97. The minimum Gasteiger partial charge on any atom is -0.467 e. The predicted molar refractivity (Wildman–Crippen MR) is 100 cm³/mol. The molecule has 0 bridgehead atoms. The maximum absolute atomic E-state index is 11.3. The molecule has 5 heteroatoms. The first kappa shape index (κ1) is 20.9. The second-order valence-corrected chi connectivity index (χ2v) is 12.6. The average Bonchev–Trinajstić information content (AvgIpc) is 2.52. The van der Waals surface area contributed by atoms with E-state index in [1.807, 2.05) is 18.2 Å². The van der Waals surface area contributed by atoms with Crippen LogP contribution in [0.5, 0.6) is 5.75 Å². The van der Waals surface area contributed by atoms with Crippen molar-refractivity contribution in [2.45, 2.75) is 64.8 Å². The van der Waals surface area contributed by atoms with Crippen molar-refractivity contribution in [1.29, 1.82) is 0 Å². The van der Waals surface area contributed by atoms with Crippen LogP contribution in [0, 0.1) is 0 Å². The quantitative estimate of drug-likeness (QED) is 0.331. The van der Waals surface area contributed by atoms with Gasteiger partial charge in [0.15, 0.2) is 13.1 Å². The van der Waals surface area contributed by atoms with Crippen LogP contribution >= 0.6 is 0 Å². The summed E-state index contributed by atoms with van der Waals surface area (Å²) in [6.45, 7) is 14.3. The molecule has 0 aliphatic heterocycles. The Morgan fingerprint density at radius 3 is 2.08 bits per heavy atom. The Hall–Kier alpha value is -1.17. The largest absolute Gasteiger partial charge is 0.467 e. The monoisotopic (exact) mass is 352 g/mol. The zero-order valence-corrected chi connectivity index (χ0v) is 17.1. The molecule has 0 saturated carbocycles. The summed E-state index contributed by atoms with van der Waals surface area (Å²) in [6, 6.07) is 5.61. The number of hydrogen-bond donors (Lipinski definition) is 0. The highest BCUT2D eigenvalue weighted by atomic mass is 28.4. The summed E-state index contributed by atoms with van der Waals surface area (Å²) in [7, 11) is -0.360. The molecule has 1 aromatic carbocycles. The molecule has 0 heterocycles. The van der Waals surface area contributed by atoms with E-state index in [0.717, 1.165) is 11.8 Å². The van der Waals surface area contributed by atoms with E-state index in [1.54, 1.807) is 7.11 Å². The molecule has 0 spiro atoms. The molecule has 0 radical (unpaired) electrons.